The molecule has 1 aromatic carbocycles. The summed E-state index contributed by atoms with van der Waals surface area (Å²) in [5.74, 6) is -1.45. The summed E-state index contributed by atoms with van der Waals surface area (Å²) in [5.41, 5.74) is 2.50. The number of carbonyl (C=O) groups excluding carboxylic acids is 3. The average molecular weight is 402 g/mol. The van der Waals surface area contributed by atoms with Crippen molar-refractivity contribution >= 4 is 28.8 Å². The minimum Gasteiger partial charge on any atom is -0.466 e. The lowest BCUT2D eigenvalue weighted by molar-refractivity contribution is -0.156. The number of benzene rings is 1. The molecule has 1 heterocycles. The van der Waals surface area contributed by atoms with Gasteiger partial charge in [0.1, 0.15) is 6.61 Å². The fourth-order valence-corrected chi connectivity index (χ4v) is 3.96. The van der Waals surface area contributed by atoms with Crippen molar-refractivity contribution in [2.45, 2.75) is 53.1 Å². The van der Waals surface area contributed by atoms with Gasteiger partial charge in [0, 0.05) is 23.8 Å². The largest absolute Gasteiger partial charge is 0.466 e. The minimum absolute atomic E-state index is 0.0418. The lowest BCUT2D eigenvalue weighted by atomic mass is 9.90. The first-order chi connectivity index (χ1) is 13.8. The Balaban J connectivity index is 2.03. The van der Waals surface area contributed by atoms with Crippen molar-refractivity contribution in [2.75, 3.05) is 13.2 Å². The maximum absolute atomic E-state index is 12.8. The van der Waals surface area contributed by atoms with Crippen LogP contribution in [0.3, 0.4) is 0 Å². The summed E-state index contributed by atoms with van der Waals surface area (Å²) in [6.45, 7) is 7.31. The molecule has 0 amide bonds. The van der Waals surface area contributed by atoms with Gasteiger partial charge in [-0.3, -0.25) is 19.5 Å². The summed E-state index contributed by atoms with van der Waals surface area (Å²) >= 11 is 0. The summed E-state index contributed by atoms with van der Waals surface area (Å²) in [4.78, 5) is 36.4. The molecule has 3 rings (SSSR count). The van der Waals surface area contributed by atoms with Gasteiger partial charge in [-0.2, -0.15) is 5.10 Å². The third kappa shape index (κ3) is 3.97. The van der Waals surface area contributed by atoms with E-state index in [1.165, 1.54) is 6.92 Å². The van der Waals surface area contributed by atoms with E-state index in [0.717, 1.165) is 27.6 Å². The molecule has 0 bridgehead atoms. The van der Waals surface area contributed by atoms with Gasteiger partial charge in [-0.15, -0.1) is 0 Å². The number of aryl methyl sites for hydroxylation is 1. The predicted molar refractivity (Wildman–Crippen MR) is 104 cm³/mol. The molecule has 1 unspecified atom stereocenters. The molecule has 156 valence electrons. The number of esters is 3. The van der Waals surface area contributed by atoms with E-state index in [1.54, 1.807) is 20.0 Å². The van der Waals surface area contributed by atoms with Gasteiger partial charge in [0.25, 0.3) is 0 Å². The van der Waals surface area contributed by atoms with Crippen molar-refractivity contribution in [1.82, 2.24) is 10.2 Å². The Morgan fingerprint density at radius 1 is 1.21 bits per heavy atom. The second-order valence-corrected chi connectivity index (χ2v) is 7.32. The van der Waals surface area contributed by atoms with E-state index < -0.39 is 23.3 Å². The Kier molecular flexibility index (Phi) is 5.91. The van der Waals surface area contributed by atoms with Gasteiger partial charge in [0.05, 0.1) is 36.8 Å². The number of rotatable bonds is 8. The molecular weight excluding hydrogens is 376 g/mol. The van der Waals surface area contributed by atoms with Crippen LogP contribution in [0.25, 0.3) is 10.9 Å². The third-order valence-corrected chi connectivity index (χ3v) is 5.40. The summed E-state index contributed by atoms with van der Waals surface area (Å²) < 4.78 is 15.7. The predicted octanol–water partition coefficient (Wildman–Crippen LogP) is 2.92. The van der Waals surface area contributed by atoms with Gasteiger partial charge in [0.15, 0.2) is 0 Å². The maximum atomic E-state index is 12.8. The normalized spacial score (nSPS) is 20.3. The van der Waals surface area contributed by atoms with Gasteiger partial charge in [0.2, 0.25) is 0 Å². The number of hydrogen-bond donors (Lipinski definition) is 1. The Morgan fingerprint density at radius 3 is 2.59 bits per heavy atom. The number of nitrogens with one attached hydrogen (secondary N) is 1. The zero-order valence-corrected chi connectivity index (χ0v) is 17.2. The molecule has 0 spiro atoms. The van der Waals surface area contributed by atoms with Crippen molar-refractivity contribution in [1.29, 1.82) is 0 Å². The van der Waals surface area contributed by atoms with Crippen LogP contribution < -0.4 is 0 Å². The van der Waals surface area contributed by atoms with E-state index >= 15 is 0 Å². The first kappa shape index (κ1) is 20.8. The van der Waals surface area contributed by atoms with Crippen LogP contribution in [0.1, 0.15) is 56.2 Å². The monoisotopic (exact) mass is 402 g/mol. The Morgan fingerprint density at radius 2 is 1.93 bits per heavy atom. The van der Waals surface area contributed by atoms with Gasteiger partial charge < -0.3 is 14.2 Å². The Bertz CT molecular complexity index is 950. The van der Waals surface area contributed by atoms with Gasteiger partial charge in [-0.1, -0.05) is 6.07 Å². The summed E-state index contributed by atoms with van der Waals surface area (Å²) in [7, 11) is 0. The highest BCUT2D eigenvalue weighted by atomic mass is 16.5. The highest BCUT2D eigenvalue weighted by Crippen LogP contribution is 2.63. The third-order valence-electron chi connectivity index (χ3n) is 5.40. The molecule has 1 N–H and O–H groups in total. The molecule has 8 heteroatoms. The van der Waals surface area contributed by atoms with Gasteiger partial charge in [-0.05, 0) is 38.3 Å². The maximum Gasteiger partial charge on any atom is 0.313 e. The van der Waals surface area contributed by atoms with E-state index in [4.69, 9.17) is 14.2 Å². The van der Waals surface area contributed by atoms with Crippen LogP contribution in [0.2, 0.25) is 0 Å². The Labute approximate surface area is 168 Å². The molecule has 1 aromatic heterocycles. The quantitative estimate of drug-likeness (QED) is 0.534. The first-order valence-electron chi connectivity index (χ1n) is 9.75. The van der Waals surface area contributed by atoms with E-state index in [9.17, 15) is 14.4 Å². The summed E-state index contributed by atoms with van der Waals surface area (Å²) in [6, 6.07) is 1.97. The topological polar surface area (TPSA) is 108 Å². The second-order valence-electron chi connectivity index (χ2n) is 7.32. The number of ether oxygens (including phenoxy) is 3. The highest BCUT2D eigenvalue weighted by molar-refractivity contribution is 5.91. The van der Waals surface area contributed by atoms with Gasteiger partial charge in [-0.25, -0.2) is 0 Å². The van der Waals surface area contributed by atoms with Crippen LogP contribution in [0.15, 0.2) is 12.3 Å². The SMILES string of the molecule is CCOC(=O)CC1(C(=O)OCC)C[C@H]1c1cc(C)c2[nH]ncc2c1COC(C)=O. The van der Waals surface area contributed by atoms with Crippen molar-refractivity contribution in [3.8, 4) is 0 Å². The molecule has 1 aliphatic carbocycles. The molecule has 2 atom stereocenters. The number of H-pyrrole nitrogens is 1. The zero-order valence-electron chi connectivity index (χ0n) is 17.2. The fraction of sp³-hybridized carbons (Fsp3) is 0.524. The van der Waals surface area contributed by atoms with E-state index in [2.05, 4.69) is 10.2 Å². The standard InChI is InChI=1S/C21H26N2O6/c1-5-27-18(25)9-21(20(26)28-6-2)8-17(21)14-7-12(3)19-15(10-22-23-19)16(14)11-29-13(4)24/h7,10,17H,5-6,8-9,11H2,1-4H3,(H,22,23)/t17-,21?/m0/s1. The molecule has 0 radical (unpaired) electrons. The van der Waals surface area contributed by atoms with Crippen molar-refractivity contribution in [3.63, 3.8) is 0 Å². The summed E-state index contributed by atoms with van der Waals surface area (Å²) in [5, 5.41) is 7.91. The van der Waals surface area contributed by atoms with Crippen LogP contribution in [0.4, 0.5) is 0 Å². The van der Waals surface area contributed by atoms with Crippen molar-refractivity contribution in [2.24, 2.45) is 5.41 Å². The number of carbonyl (C=O) groups is 3. The average Bonchev–Trinajstić information content (AvgIpc) is 3.15. The van der Waals surface area contributed by atoms with Crippen LogP contribution >= 0.6 is 0 Å². The Hall–Kier alpha value is -2.90. The van der Waals surface area contributed by atoms with Crippen molar-refractivity contribution in [3.05, 3.63) is 29.0 Å². The van der Waals surface area contributed by atoms with Crippen LogP contribution in [0.5, 0.6) is 0 Å². The lowest BCUT2D eigenvalue weighted by Crippen LogP contribution is -2.25. The summed E-state index contributed by atoms with van der Waals surface area (Å²) in [6.07, 6.45) is 2.12. The number of aromatic nitrogens is 2. The molecule has 1 saturated carbocycles. The van der Waals surface area contributed by atoms with Crippen LogP contribution in [0, 0.1) is 12.3 Å². The molecule has 29 heavy (non-hydrogen) atoms. The van der Waals surface area contributed by atoms with E-state index in [0.29, 0.717) is 6.42 Å². The molecule has 8 nitrogen and oxygen atoms in total. The highest BCUT2D eigenvalue weighted by Gasteiger charge is 2.63. The zero-order chi connectivity index (χ0) is 21.2. The number of fused-ring (bicyclic) bond motifs is 1. The fourth-order valence-electron chi connectivity index (χ4n) is 3.96. The molecule has 0 saturated heterocycles. The second kappa shape index (κ2) is 8.23. The lowest BCUT2D eigenvalue weighted by Gasteiger charge is -2.18. The molecule has 0 aliphatic heterocycles. The van der Waals surface area contributed by atoms with Crippen LogP contribution in [-0.4, -0.2) is 41.3 Å². The van der Waals surface area contributed by atoms with Crippen molar-refractivity contribution < 1.29 is 28.6 Å². The van der Waals surface area contributed by atoms with E-state index in [-0.39, 0.29) is 32.2 Å². The molecule has 1 aliphatic rings. The first-order valence-corrected chi connectivity index (χ1v) is 9.75. The smallest absolute Gasteiger partial charge is 0.313 e. The molecule has 1 fully saturated rings. The molecular formula is C21H26N2O6. The number of hydrogen-bond acceptors (Lipinski definition) is 7. The van der Waals surface area contributed by atoms with E-state index in [1.807, 2.05) is 13.0 Å². The number of nitrogens with zero attached hydrogens (tertiary/aromatic N) is 1. The van der Waals surface area contributed by atoms with Crippen LogP contribution in [-0.2, 0) is 35.2 Å². The van der Waals surface area contributed by atoms with Gasteiger partial charge >= 0.3 is 17.9 Å². The molecule has 2 aromatic rings. The minimum atomic E-state index is -0.961. The number of aromatic amines is 1.